The van der Waals surface area contributed by atoms with E-state index in [4.69, 9.17) is 4.74 Å². The maximum Gasteiger partial charge on any atom is 0.233 e. The summed E-state index contributed by atoms with van der Waals surface area (Å²) < 4.78 is 4.85. The zero-order valence-corrected chi connectivity index (χ0v) is 8.87. The van der Waals surface area contributed by atoms with Gasteiger partial charge in [0.1, 0.15) is 5.69 Å². The molecule has 1 aromatic rings. The van der Waals surface area contributed by atoms with E-state index in [9.17, 15) is 4.79 Å². The van der Waals surface area contributed by atoms with Gasteiger partial charge in [-0.2, -0.15) is 0 Å². The van der Waals surface area contributed by atoms with Gasteiger partial charge in [0.2, 0.25) is 5.88 Å². The molecular weight excluding hydrogens is 180 g/mol. The second kappa shape index (κ2) is 3.74. The first-order chi connectivity index (χ1) is 6.45. The topological polar surface area (TPSA) is 52.1 Å². The van der Waals surface area contributed by atoms with Crippen molar-refractivity contribution in [2.75, 3.05) is 7.11 Å². The molecule has 76 valence electrons. The molecule has 0 aliphatic rings. The monoisotopic (exact) mass is 194 g/mol. The van der Waals surface area contributed by atoms with E-state index in [1.165, 1.54) is 7.11 Å². The molecule has 14 heavy (non-hydrogen) atoms. The molecule has 4 nitrogen and oxygen atoms in total. The highest BCUT2D eigenvalue weighted by atomic mass is 16.5. The van der Waals surface area contributed by atoms with Crippen molar-refractivity contribution in [2.45, 2.75) is 20.8 Å². The van der Waals surface area contributed by atoms with Crippen molar-refractivity contribution in [1.29, 1.82) is 0 Å². The Morgan fingerprint density at radius 3 is 2.29 bits per heavy atom. The van der Waals surface area contributed by atoms with Gasteiger partial charge >= 0.3 is 0 Å². The first kappa shape index (κ1) is 10.6. The minimum atomic E-state index is -0.427. The highest BCUT2D eigenvalue weighted by Gasteiger charge is 2.24. The van der Waals surface area contributed by atoms with Gasteiger partial charge in [0.15, 0.2) is 5.78 Å². The number of carbonyl (C=O) groups is 1. The summed E-state index contributed by atoms with van der Waals surface area (Å²) in [7, 11) is 1.51. The summed E-state index contributed by atoms with van der Waals surface area (Å²) in [5.74, 6) is 0.392. The maximum absolute atomic E-state index is 11.7. The molecule has 1 heterocycles. The predicted octanol–water partition coefficient (Wildman–Crippen LogP) is 1.71. The Morgan fingerprint density at radius 1 is 1.29 bits per heavy atom. The van der Waals surface area contributed by atoms with E-state index >= 15 is 0 Å². The van der Waals surface area contributed by atoms with Gasteiger partial charge in [0.25, 0.3) is 0 Å². The fourth-order valence-electron chi connectivity index (χ4n) is 0.934. The van der Waals surface area contributed by atoms with Crippen LogP contribution in [0.5, 0.6) is 5.88 Å². The average molecular weight is 194 g/mol. The molecule has 0 atom stereocenters. The Labute approximate surface area is 83.3 Å². The van der Waals surface area contributed by atoms with Gasteiger partial charge < -0.3 is 4.74 Å². The molecule has 0 aliphatic carbocycles. The highest BCUT2D eigenvalue weighted by molar-refractivity contribution is 5.97. The molecule has 0 bridgehead atoms. The van der Waals surface area contributed by atoms with Crippen LogP contribution in [0.1, 0.15) is 31.3 Å². The third-order valence-corrected chi connectivity index (χ3v) is 1.76. The van der Waals surface area contributed by atoms with E-state index in [1.807, 2.05) is 20.8 Å². The molecule has 0 saturated heterocycles. The smallest absolute Gasteiger partial charge is 0.233 e. The van der Waals surface area contributed by atoms with Crippen LogP contribution in [0.25, 0.3) is 0 Å². The van der Waals surface area contributed by atoms with E-state index in [1.54, 1.807) is 12.1 Å². The summed E-state index contributed by atoms with van der Waals surface area (Å²) in [6.45, 7) is 5.55. The van der Waals surface area contributed by atoms with Crippen molar-refractivity contribution in [3.63, 3.8) is 0 Å². The lowest BCUT2D eigenvalue weighted by Crippen LogP contribution is -2.21. The number of hydrogen-bond donors (Lipinski definition) is 0. The van der Waals surface area contributed by atoms with Gasteiger partial charge in [0, 0.05) is 11.5 Å². The van der Waals surface area contributed by atoms with Gasteiger partial charge in [-0.15, -0.1) is 10.2 Å². The fourth-order valence-corrected chi connectivity index (χ4v) is 0.934. The highest BCUT2D eigenvalue weighted by Crippen LogP contribution is 2.19. The van der Waals surface area contributed by atoms with Crippen molar-refractivity contribution in [3.05, 3.63) is 17.8 Å². The predicted molar refractivity (Wildman–Crippen MR) is 52.4 cm³/mol. The Bertz CT molecular complexity index is 325. The largest absolute Gasteiger partial charge is 0.480 e. The number of Topliss-reactive ketones (excluding diaryl/α,β-unsaturated/α-hetero) is 1. The molecule has 0 fully saturated rings. The molecule has 0 aromatic carbocycles. The van der Waals surface area contributed by atoms with E-state index in [-0.39, 0.29) is 5.78 Å². The summed E-state index contributed by atoms with van der Waals surface area (Å²) in [5.41, 5.74) is -0.0539. The third-order valence-electron chi connectivity index (χ3n) is 1.76. The van der Waals surface area contributed by atoms with E-state index in [0.717, 1.165) is 0 Å². The summed E-state index contributed by atoms with van der Waals surface area (Å²) in [6.07, 6.45) is 0. The van der Waals surface area contributed by atoms with Crippen molar-refractivity contribution in [1.82, 2.24) is 10.2 Å². The maximum atomic E-state index is 11.7. The lowest BCUT2D eigenvalue weighted by molar-refractivity contribution is 0.0851. The number of ketones is 1. The van der Waals surface area contributed by atoms with Crippen molar-refractivity contribution in [2.24, 2.45) is 5.41 Å². The molecule has 0 unspecified atom stereocenters. The molecular formula is C10H14N2O2. The van der Waals surface area contributed by atoms with Crippen LogP contribution in [0.4, 0.5) is 0 Å². The number of hydrogen-bond acceptors (Lipinski definition) is 4. The van der Waals surface area contributed by atoms with Crippen LogP contribution in [-0.2, 0) is 0 Å². The second-order valence-electron chi connectivity index (χ2n) is 4.04. The molecule has 1 rings (SSSR count). The number of aromatic nitrogens is 2. The molecule has 4 heteroatoms. The number of methoxy groups -OCH3 is 1. The van der Waals surface area contributed by atoms with E-state index in [0.29, 0.717) is 11.6 Å². The SMILES string of the molecule is COc1ccc(C(=O)C(C)(C)C)nn1. The van der Waals surface area contributed by atoms with Crippen LogP contribution in [0.3, 0.4) is 0 Å². The average Bonchev–Trinajstić information content (AvgIpc) is 2.15. The van der Waals surface area contributed by atoms with E-state index in [2.05, 4.69) is 10.2 Å². The molecule has 0 spiro atoms. The van der Waals surface area contributed by atoms with Crippen LogP contribution in [-0.4, -0.2) is 23.1 Å². The fraction of sp³-hybridized carbons (Fsp3) is 0.500. The third kappa shape index (κ3) is 2.28. The zero-order valence-electron chi connectivity index (χ0n) is 8.87. The van der Waals surface area contributed by atoms with Gasteiger partial charge in [-0.05, 0) is 6.07 Å². The molecule has 0 amide bonds. The molecule has 1 aromatic heterocycles. The Hall–Kier alpha value is -1.45. The molecule has 0 radical (unpaired) electrons. The van der Waals surface area contributed by atoms with Crippen molar-refractivity contribution in [3.8, 4) is 5.88 Å². The number of rotatable bonds is 2. The number of ether oxygens (including phenoxy) is 1. The second-order valence-corrected chi connectivity index (χ2v) is 4.04. The lowest BCUT2D eigenvalue weighted by atomic mass is 9.89. The van der Waals surface area contributed by atoms with Gasteiger partial charge in [-0.3, -0.25) is 4.79 Å². The van der Waals surface area contributed by atoms with Crippen LogP contribution in [0, 0.1) is 5.41 Å². The van der Waals surface area contributed by atoms with Crippen LogP contribution < -0.4 is 4.74 Å². The van der Waals surface area contributed by atoms with Crippen LogP contribution >= 0.6 is 0 Å². The minimum absolute atomic E-state index is 0.0207. The minimum Gasteiger partial charge on any atom is -0.480 e. The molecule has 0 aliphatic heterocycles. The standard InChI is InChI=1S/C10H14N2O2/c1-10(2,3)9(13)7-5-6-8(14-4)12-11-7/h5-6H,1-4H3. The molecule has 0 N–H and O–H groups in total. The Balaban J connectivity index is 2.93. The van der Waals surface area contributed by atoms with Gasteiger partial charge in [0.05, 0.1) is 7.11 Å². The Kier molecular flexibility index (Phi) is 2.84. The summed E-state index contributed by atoms with van der Waals surface area (Å²) in [4.78, 5) is 11.7. The zero-order chi connectivity index (χ0) is 10.8. The van der Waals surface area contributed by atoms with Crippen LogP contribution in [0.15, 0.2) is 12.1 Å². The van der Waals surface area contributed by atoms with Gasteiger partial charge in [-0.25, -0.2) is 0 Å². The summed E-state index contributed by atoms with van der Waals surface area (Å²) in [6, 6.07) is 3.26. The number of nitrogens with zero attached hydrogens (tertiary/aromatic N) is 2. The Morgan fingerprint density at radius 2 is 1.93 bits per heavy atom. The normalized spacial score (nSPS) is 11.1. The summed E-state index contributed by atoms with van der Waals surface area (Å²) in [5, 5.41) is 7.53. The lowest BCUT2D eigenvalue weighted by Gasteiger charge is -2.15. The van der Waals surface area contributed by atoms with Gasteiger partial charge in [-0.1, -0.05) is 20.8 Å². The first-order valence-corrected chi connectivity index (χ1v) is 4.37. The quantitative estimate of drug-likeness (QED) is 0.672. The van der Waals surface area contributed by atoms with Crippen molar-refractivity contribution < 1.29 is 9.53 Å². The first-order valence-electron chi connectivity index (χ1n) is 4.37. The molecule has 0 saturated carbocycles. The van der Waals surface area contributed by atoms with E-state index < -0.39 is 5.41 Å². The summed E-state index contributed by atoms with van der Waals surface area (Å²) >= 11 is 0. The van der Waals surface area contributed by atoms with Crippen molar-refractivity contribution >= 4 is 5.78 Å². The number of carbonyl (C=O) groups excluding carboxylic acids is 1. The van der Waals surface area contributed by atoms with Crippen LogP contribution in [0.2, 0.25) is 0 Å².